The van der Waals surface area contributed by atoms with Crippen LogP contribution in [0.25, 0.3) is 6.08 Å². The second-order valence-corrected chi connectivity index (χ2v) is 7.11. The summed E-state index contributed by atoms with van der Waals surface area (Å²) in [6.45, 7) is 3.73. The van der Waals surface area contributed by atoms with Gasteiger partial charge >= 0.3 is 5.97 Å². The summed E-state index contributed by atoms with van der Waals surface area (Å²) >= 11 is 0. The van der Waals surface area contributed by atoms with Crippen molar-refractivity contribution in [1.29, 1.82) is 0 Å². The van der Waals surface area contributed by atoms with Crippen molar-refractivity contribution in [3.05, 3.63) is 65.2 Å². The van der Waals surface area contributed by atoms with Crippen molar-refractivity contribution in [3.8, 4) is 5.75 Å². The van der Waals surface area contributed by atoms with Gasteiger partial charge in [0.15, 0.2) is 5.78 Å². The van der Waals surface area contributed by atoms with Crippen molar-refractivity contribution in [2.75, 3.05) is 12.4 Å². The van der Waals surface area contributed by atoms with Crippen molar-refractivity contribution in [1.82, 2.24) is 0 Å². The van der Waals surface area contributed by atoms with Crippen LogP contribution in [0.5, 0.6) is 5.75 Å². The zero-order chi connectivity index (χ0) is 20.3. The van der Waals surface area contributed by atoms with Gasteiger partial charge in [0, 0.05) is 11.8 Å². The van der Waals surface area contributed by atoms with Gasteiger partial charge in [-0.15, -0.1) is 0 Å². The van der Waals surface area contributed by atoms with Gasteiger partial charge in [-0.3, -0.25) is 9.59 Å². The number of ether oxygens (including phenoxy) is 2. The summed E-state index contributed by atoms with van der Waals surface area (Å²) in [4.78, 5) is 35.9. The number of carbonyl (C=O) groups excluding carboxylic acids is 3. The summed E-state index contributed by atoms with van der Waals surface area (Å²) in [5.41, 5.74) is 1.67. The minimum atomic E-state index is -0.527. The lowest BCUT2D eigenvalue weighted by atomic mass is 9.93. The van der Waals surface area contributed by atoms with Crippen LogP contribution >= 0.6 is 0 Å². The molecule has 1 amide bonds. The molecule has 0 bridgehead atoms. The molecule has 0 atom stereocenters. The molecule has 0 aromatic heterocycles. The van der Waals surface area contributed by atoms with E-state index in [0.29, 0.717) is 29.0 Å². The Morgan fingerprint density at radius 2 is 1.86 bits per heavy atom. The van der Waals surface area contributed by atoms with Gasteiger partial charge in [-0.2, -0.15) is 0 Å². The maximum absolute atomic E-state index is 12.3. The largest absolute Gasteiger partial charge is 0.487 e. The number of benzene rings is 2. The minimum Gasteiger partial charge on any atom is -0.487 e. The molecule has 0 saturated carbocycles. The molecule has 144 valence electrons. The first-order chi connectivity index (χ1) is 13.3. The van der Waals surface area contributed by atoms with E-state index in [1.165, 1.54) is 13.2 Å². The molecule has 0 radical (unpaired) electrons. The number of rotatable bonds is 4. The van der Waals surface area contributed by atoms with Crippen molar-refractivity contribution < 1.29 is 23.9 Å². The van der Waals surface area contributed by atoms with Crippen LogP contribution in [0.1, 0.15) is 46.5 Å². The Balaban J connectivity index is 1.67. The Hall–Kier alpha value is -3.41. The number of anilines is 1. The molecule has 3 rings (SSSR count). The highest BCUT2D eigenvalue weighted by Gasteiger charge is 2.32. The number of hydrogen-bond donors (Lipinski definition) is 1. The summed E-state index contributed by atoms with van der Waals surface area (Å²) in [6, 6.07) is 11.7. The number of nitrogens with one attached hydrogen (secondary N) is 1. The first-order valence-electron chi connectivity index (χ1n) is 8.81. The van der Waals surface area contributed by atoms with E-state index < -0.39 is 11.6 Å². The molecule has 1 N–H and O–H groups in total. The number of methoxy groups -OCH3 is 1. The zero-order valence-corrected chi connectivity index (χ0v) is 15.9. The molecule has 2 aromatic rings. The van der Waals surface area contributed by atoms with E-state index in [-0.39, 0.29) is 11.7 Å². The van der Waals surface area contributed by atoms with E-state index in [1.807, 2.05) is 13.8 Å². The van der Waals surface area contributed by atoms with Gasteiger partial charge in [-0.05, 0) is 55.8 Å². The Morgan fingerprint density at radius 1 is 1.14 bits per heavy atom. The Kier molecular flexibility index (Phi) is 5.31. The highest BCUT2D eigenvalue weighted by molar-refractivity contribution is 6.05. The van der Waals surface area contributed by atoms with Gasteiger partial charge in [0.05, 0.1) is 24.7 Å². The average Bonchev–Trinajstić information content (AvgIpc) is 2.66. The fourth-order valence-corrected chi connectivity index (χ4v) is 2.93. The fourth-order valence-electron chi connectivity index (χ4n) is 2.93. The van der Waals surface area contributed by atoms with E-state index in [9.17, 15) is 14.4 Å². The number of amides is 1. The first kappa shape index (κ1) is 19.4. The highest BCUT2D eigenvalue weighted by Crippen LogP contribution is 2.34. The lowest BCUT2D eigenvalue weighted by molar-refractivity contribution is -0.111. The van der Waals surface area contributed by atoms with Gasteiger partial charge in [0.25, 0.3) is 0 Å². The number of carbonyl (C=O) groups is 3. The summed E-state index contributed by atoms with van der Waals surface area (Å²) in [6.07, 6.45) is 3.30. The topological polar surface area (TPSA) is 81.7 Å². The molecule has 1 aliphatic rings. The number of ketones is 1. The predicted octanol–water partition coefficient (Wildman–Crippen LogP) is 3.87. The van der Waals surface area contributed by atoms with Crippen LogP contribution in [-0.4, -0.2) is 30.4 Å². The fraction of sp³-hybridized carbons (Fsp3) is 0.227. The minimum absolute atomic E-state index is 0.0106. The summed E-state index contributed by atoms with van der Waals surface area (Å²) in [5, 5.41) is 2.73. The van der Waals surface area contributed by atoms with Crippen LogP contribution in [0, 0.1) is 0 Å². The summed E-state index contributed by atoms with van der Waals surface area (Å²) in [5.74, 6) is -0.229. The molecule has 1 heterocycles. The second-order valence-electron chi connectivity index (χ2n) is 7.11. The molecule has 0 saturated heterocycles. The number of esters is 1. The summed E-state index contributed by atoms with van der Waals surface area (Å²) < 4.78 is 10.5. The number of hydrogen-bond acceptors (Lipinski definition) is 5. The molecule has 0 aliphatic carbocycles. The lowest BCUT2D eigenvalue weighted by Crippen LogP contribution is -2.35. The molecule has 1 aliphatic heterocycles. The molecule has 6 nitrogen and oxygen atoms in total. The van der Waals surface area contributed by atoms with Gasteiger partial charge in [0.2, 0.25) is 5.91 Å². The van der Waals surface area contributed by atoms with Crippen molar-refractivity contribution in [3.63, 3.8) is 0 Å². The first-order valence-corrected chi connectivity index (χ1v) is 8.81. The van der Waals surface area contributed by atoms with Crippen LogP contribution < -0.4 is 10.1 Å². The monoisotopic (exact) mass is 379 g/mol. The molecule has 0 unspecified atom stereocenters. The van der Waals surface area contributed by atoms with E-state index in [4.69, 9.17) is 4.74 Å². The molecule has 2 aromatic carbocycles. The van der Waals surface area contributed by atoms with Gasteiger partial charge < -0.3 is 14.8 Å². The SMILES string of the molecule is COC(=O)c1ccc(/C=C/C(=O)Nc2ccc3c(c2)C(=O)CC(C)(C)O3)cc1. The Bertz CT molecular complexity index is 957. The second kappa shape index (κ2) is 7.68. The van der Waals surface area contributed by atoms with E-state index in [1.54, 1.807) is 48.5 Å². The van der Waals surface area contributed by atoms with E-state index in [2.05, 4.69) is 10.1 Å². The number of Topliss-reactive ketones (excluding diaryl/α,β-unsaturated/α-hetero) is 1. The van der Waals surface area contributed by atoms with Gasteiger partial charge in [-0.25, -0.2) is 4.79 Å². The Labute approximate surface area is 163 Å². The smallest absolute Gasteiger partial charge is 0.337 e. The van der Waals surface area contributed by atoms with E-state index in [0.717, 1.165) is 5.56 Å². The predicted molar refractivity (Wildman–Crippen MR) is 106 cm³/mol. The van der Waals surface area contributed by atoms with Crippen LogP contribution in [-0.2, 0) is 9.53 Å². The number of fused-ring (bicyclic) bond motifs is 1. The van der Waals surface area contributed by atoms with Crippen molar-refractivity contribution >= 4 is 29.4 Å². The van der Waals surface area contributed by atoms with Crippen molar-refractivity contribution in [2.24, 2.45) is 0 Å². The van der Waals surface area contributed by atoms with Crippen LogP contribution in [0.15, 0.2) is 48.5 Å². The molecule has 6 heteroatoms. The third-order valence-corrected chi connectivity index (χ3v) is 4.28. The maximum atomic E-state index is 12.3. The lowest BCUT2D eigenvalue weighted by Gasteiger charge is -2.31. The molecule has 28 heavy (non-hydrogen) atoms. The van der Waals surface area contributed by atoms with Crippen LogP contribution in [0.2, 0.25) is 0 Å². The molecule has 0 spiro atoms. The molecular weight excluding hydrogens is 358 g/mol. The normalized spacial score (nSPS) is 14.9. The summed E-state index contributed by atoms with van der Waals surface area (Å²) in [7, 11) is 1.32. The van der Waals surface area contributed by atoms with Crippen LogP contribution in [0.3, 0.4) is 0 Å². The van der Waals surface area contributed by atoms with Gasteiger partial charge in [0.1, 0.15) is 11.4 Å². The highest BCUT2D eigenvalue weighted by atomic mass is 16.5. The van der Waals surface area contributed by atoms with Crippen LogP contribution in [0.4, 0.5) is 5.69 Å². The van der Waals surface area contributed by atoms with Gasteiger partial charge in [-0.1, -0.05) is 12.1 Å². The average molecular weight is 379 g/mol. The van der Waals surface area contributed by atoms with E-state index >= 15 is 0 Å². The standard InChI is InChI=1S/C22H21NO5/c1-22(2)13-18(24)17-12-16(9-10-19(17)28-22)23-20(25)11-6-14-4-7-15(8-5-14)21(26)27-3/h4-12H,13H2,1-3H3,(H,23,25)/b11-6+. The maximum Gasteiger partial charge on any atom is 0.337 e. The third kappa shape index (κ3) is 4.46. The zero-order valence-electron chi connectivity index (χ0n) is 15.9. The Morgan fingerprint density at radius 3 is 2.54 bits per heavy atom. The molecular formula is C22H21NO5. The quantitative estimate of drug-likeness (QED) is 0.644. The molecule has 0 fully saturated rings. The third-order valence-electron chi connectivity index (χ3n) is 4.28. The van der Waals surface area contributed by atoms with Crippen molar-refractivity contribution in [2.45, 2.75) is 25.9 Å².